The molecule has 3 heteroatoms. The summed E-state index contributed by atoms with van der Waals surface area (Å²) in [7, 11) is 0. The highest BCUT2D eigenvalue weighted by Gasteiger charge is 2.29. The first-order valence-electron chi connectivity index (χ1n) is 6.79. The lowest BCUT2D eigenvalue weighted by Crippen LogP contribution is -2.31. The van der Waals surface area contributed by atoms with E-state index in [2.05, 4.69) is 18.8 Å². The zero-order chi connectivity index (χ0) is 13.6. The molecule has 1 fully saturated rings. The second-order valence-corrected chi connectivity index (χ2v) is 5.83. The molecule has 102 valence electrons. The largest absolute Gasteiger partial charge is 0.390 e. The van der Waals surface area contributed by atoms with Gasteiger partial charge in [-0.1, -0.05) is 19.9 Å². The summed E-state index contributed by atoms with van der Waals surface area (Å²) < 4.78 is 0. The Morgan fingerprint density at radius 3 is 2.28 bits per heavy atom. The molecule has 3 N–H and O–H groups in total. The molecule has 0 aliphatic heterocycles. The smallest absolute Gasteiger partial charge is 0.123 e. The molecule has 1 aliphatic rings. The van der Waals surface area contributed by atoms with E-state index in [4.69, 9.17) is 5.73 Å². The first kappa shape index (κ1) is 15.0. The Kier molecular flexibility index (Phi) is 5.60. The highest BCUT2D eigenvalue weighted by atomic mass is 16.3. The average molecular weight is 250 g/mol. The molecule has 0 bridgehead atoms. The molecule has 0 atom stereocenters. The Balaban J connectivity index is 0.000000199. The molecule has 2 rings (SSSR count). The summed E-state index contributed by atoms with van der Waals surface area (Å²) in [4.78, 5) is 3.76. The van der Waals surface area contributed by atoms with Gasteiger partial charge in [-0.25, -0.2) is 4.98 Å². The average Bonchev–Trinajstić information content (AvgIpc) is 2.30. The van der Waals surface area contributed by atoms with Gasteiger partial charge in [0.1, 0.15) is 5.82 Å². The van der Waals surface area contributed by atoms with E-state index in [0.717, 1.165) is 24.7 Å². The van der Waals surface area contributed by atoms with E-state index in [1.165, 1.54) is 12.8 Å². The number of nitrogen functional groups attached to an aromatic ring is 1. The van der Waals surface area contributed by atoms with Crippen molar-refractivity contribution in [3.63, 3.8) is 0 Å². The summed E-state index contributed by atoms with van der Waals surface area (Å²) >= 11 is 0. The molecule has 0 aromatic carbocycles. The molecular weight excluding hydrogens is 224 g/mol. The number of nitrogens with two attached hydrogens (primary N) is 1. The van der Waals surface area contributed by atoms with Crippen LogP contribution in [0.25, 0.3) is 0 Å². The SMILES string of the molecule is CC(C)C1CCC(C)(O)CC1.Nc1ccccn1. The van der Waals surface area contributed by atoms with Crippen molar-refractivity contribution < 1.29 is 5.11 Å². The van der Waals surface area contributed by atoms with Crippen LogP contribution in [-0.4, -0.2) is 15.7 Å². The van der Waals surface area contributed by atoms with Crippen LogP contribution < -0.4 is 5.73 Å². The van der Waals surface area contributed by atoms with Crippen molar-refractivity contribution in [2.75, 3.05) is 5.73 Å². The minimum Gasteiger partial charge on any atom is -0.390 e. The van der Waals surface area contributed by atoms with Crippen molar-refractivity contribution in [1.29, 1.82) is 0 Å². The third-order valence-corrected chi connectivity index (χ3v) is 3.74. The predicted molar refractivity (Wildman–Crippen MR) is 76.1 cm³/mol. The molecule has 3 nitrogen and oxygen atoms in total. The summed E-state index contributed by atoms with van der Waals surface area (Å²) in [6.45, 7) is 6.53. The Hall–Kier alpha value is -1.09. The topological polar surface area (TPSA) is 59.1 Å². The number of nitrogens with zero attached hydrogens (tertiary/aromatic N) is 1. The maximum Gasteiger partial charge on any atom is 0.123 e. The molecule has 1 aliphatic carbocycles. The Morgan fingerprint density at radius 1 is 1.33 bits per heavy atom. The van der Waals surface area contributed by atoms with E-state index in [0.29, 0.717) is 5.82 Å². The van der Waals surface area contributed by atoms with E-state index in [1.54, 1.807) is 12.3 Å². The van der Waals surface area contributed by atoms with Crippen LogP contribution in [0.5, 0.6) is 0 Å². The first-order chi connectivity index (χ1) is 8.41. The predicted octanol–water partition coefficient (Wildman–Crippen LogP) is 3.25. The quantitative estimate of drug-likeness (QED) is 0.804. The summed E-state index contributed by atoms with van der Waals surface area (Å²) in [6.07, 6.45) is 6.08. The van der Waals surface area contributed by atoms with E-state index >= 15 is 0 Å². The van der Waals surface area contributed by atoms with Gasteiger partial charge in [-0.2, -0.15) is 0 Å². The highest BCUT2D eigenvalue weighted by Crippen LogP contribution is 2.35. The Morgan fingerprint density at radius 2 is 1.94 bits per heavy atom. The lowest BCUT2D eigenvalue weighted by molar-refractivity contribution is 0.00161. The van der Waals surface area contributed by atoms with Gasteiger partial charge >= 0.3 is 0 Å². The molecule has 1 aromatic rings. The van der Waals surface area contributed by atoms with Crippen LogP contribution in [0.4, 0.5) is 5.82 Å². The molecule has 0 unspecified atom stereocenters. The molecule has 1 aromatic heterocycles. The fraction of sp³-hybridized carbons (Fsp3) is 0.667. The van der Waals surface area contributed by atoms with Crippen molar-refractivity contribution in [3.8, 4) is 0 Å². The van der Waals surface area contributed by atoms with Gasteiger partial charge in [-0.05, 0) is 56.6 Å². The van der Waals surface area contributed by atoms with Crippen LogP contribution in [0.3, 0.4) is 0 Å². The van der Waals surface area contributed by atoms with E-state index < -0.39 is 0 Å². The summed E-state index contributed by atoms with van der Waals surface area (Å²) in [6, 6.07) is 5.43. The number of aromatic nitrogens is 1. The fourth-order valence-electron chi connectivity index (χ4n) is 2.30. The number of hydrogen-bond acceptors (Lipinski definition) is 3. The third kappa shape index (κ3) is 5.50. The minimum atomic E-state index is -0.356. The van der Waals surface area contributed by atoms with E-state index in [1.807, 2.05) is 19.1 Å². The van der Waals surface area contributed by atoms with E-state index in [9.17, 15) is 5.11 Å². The molecule has 1 saturated carbocycles. The summed E-state index contributed by atoms with van der Waals surface area (Å²) in [5.41, 5.74) is 4.89. The first-order valence-corrected chi connectivity index (χ1v) is 6.79. The van der Waals surface area contributed by atoms with Crippen molar-refractivity contribution in [2.24, 2.45) is 11.8 Å². The molecule has 0 amide bonds. The van der Waals surface area contributed by atoms with E-state index in [-0.39, 0.29) is 5.60 Å². The number of aliphatic hydroxyl groups is 1. The van der Waals surface area contributed by atoms with Gasteiger partial charge in [0.05, 0.1) is 5.60 Å². The molecule has 1 heterocycles. The van der Waals surface area contributed by atoms with Crippen LogP contribution in [0.2, 0.25) is 0 Å². The molecular formula is C15H26N2O. The Labute approximate surface area is 110 Å². The summed E-state index contributed by atoms with van der Waals surface area (Å²) in [5, 5.41) is 9.67. The van der Waals surface area contributed by atoms with Crippen LogP contribution in [0, 0.1) is 11.8 Å². The fourth-order valence-corrected chi connectivity index (χ4v) is 2.30. The lowest BCUT2D eigenvalue weighted by Gasteiger charge is -2.34. The zero-order valence-corrected chi connectivity index (χ0v) is 11.8. The molecule has 0 saturated heterocycles. The van der Waals surface area contributed by atoms with Gasteiger partial charge in [0.25, 0.3) is 0 Å². The van der Waals surface area contributed by atoms with Crippen molar-refractivity contribution >= 4 is 5.82 Å². The number of rotatable bonds is 1. The Bertz CT molecular complexity index is 326. The van der Waals surface area contributed by atoms with Gasteiger partial charge in [-0.3, -0.25) is 0 Å². The molecule has 18 heavy (non-hydrogen) atoms. The zero-order valence-electron chi connectivity index (χ0n) is 11.8. The van der Waals surface area contributed by atoms with Gasteiger partial charge in [0, 0.05) is 6.20 Å². The van der Waals surface area contributed by atoms with Gasteiger partial charge in [0.15, 0.2) is 0 Å². The number of anilines is 1. The normalized spacial score (nSPS) is 27.5. The maximum atomic E-state index is 9.67. The summed E-state index contributed by atoms with van der Waals surface area (Å²) in [5.74, 6) is 2.23. The highest BCUT2D eigenvalue weighted by molar-refractivity contribution is 5.25. The number of pyridine rings is 1. The third-order valence-electron chi connectivity index (χ3n) is 3.74. The monoisotopic (exact) mass is 250 g/mol. The molecule has 0 spiro atoms. The standard InChI is InChI=1S/C10H20O.C5H6N2/c1-8(2)9-4-6-10(3,11)7-5-9;6-5-3-1-2-4-7-5/h8-9,11H,4-7H2,1-3H3;1-4H,(H2,6,7). The second-order valence-electron chi connectivity index (χ2n) is 5.83. The van der Waals surface area contributed by atoms with Crippen molar-refractivity contribution in [3.05, 3.63) is 24.4 Å². The van der Waals surface area contributed by atoms with Crippen LogP contribution >= 0.6 is 0 Å². The van der Waals surface area contributed by atoms with Crippen LogP contribution in [0.15, 0.2) is 24.4 Å². The van der Waals surface area contributed by atoms with Crippen LogP contribution in [-0.2, 0) is 0 Å². The van der Waals surface area contributed by atoms with Crippen molar-refractivity contribution in [1.82, 2.24) is 4.98 Å². The number of hydrogen-bond donors (Lipinski definition) is 2. The lowest BCUT2D eigenvalue weighted by atomic mass is 9.75. The maximum absolute atomic E-state index is 9.67. The minimum absolute atomic E-state index is 0.356. The molecule has 0 radical (unpaired) electrons. The van der Waals surface area contributed by atoms with Gasteiger partial charge in [0.2, 0.25) is 0 Å². The van der Waals surface area contributed by atoms with Crippen LogP contribution in [0.1, 0.15) is 46.5 Å². The van der Waals surface area contributed by atoms with Gasteiger partial charge in [-0.15, -0.1) is 0 Å². The van der Waals surface area contributed by atoms with Gasteiger partial charge < -0.3 is 10.8 Å². The van der Waals surface area contributed by atoms with Crippen molar-refractivity contribution in [2.45, 2.75) is 52.1 Å². The second kappa shape index (κ2) is 6.74.